The Morgan fingerprint density at radius 2 is 0.934 bits per heavy atom. The molecule has 0 spiro atoms. The van der Waals surface area contributed by atoms with Crippen LogP contribution in [-0.4, -0.2) is 66.3 Å². The van der Waals surface area contributed by atoms with Gasteiger partial charge in [0, 0.05) is 13.0 Å². The van der Waals surface area contributed by atoms with Crippen LogP contribution in [0.25, 0.3) is 0 Å². The van der Waals surface area contributed by atoms with Crippen molar-refractivity contribution in [3.05, 3.63) is 85.1 Å². The van der Waals surface area contributed by atoms with Crippen molar-refractivity contribution in [2.24, 2.45) is 0 Å². The molecule has 0 aromatic rings. The van der Waals surface area contributed by atoms with E-state index in [4.69, 9.17) is 23.6 Å². The van der Waals surface area contributed by atoms with Gasteiger partial charge in [-0.2, -0.15) is 0 Å². The number of ether oxygens (including phenoxy) is 2. The molecule has 0 radical (unpaired) electrons. The van der Waals surface area contributed by atoms with Crippen LogP contribution in [0.1, 0.15) is 187 Å². The molecule has 352 valence electrons. The van der Waals surface area contributed by atoms with E-state index in [1.54, 1.807) is 0 Å². The van der Waals surface area contributed by atoms with Gasteiger partial charge in [-0.3, -0.25) is 13.8 Å². The molecule has 0 aliphatic carbocycles. The molecule has 0 aliphatic rings. The van der Waals surface area contributed by atoms with E-state index < -0.39 is 45.8 Å². The molecular formula is C51H89O9P. The minimum Gasteiger partial charge on any atom is -0.457 e. The van der Waals surface area contributed by atoms with E-state index in [2.05, 4.69) is 98.9 Å². The standard InChI is InChI=1S/C51H89O9P/c1-3-5-7-9-11-13-15-17-19-21-22-23-24-25-26-27-28-30-32-34-36-38-40-42-44-57-47-50(48-59-61(55,56)58-46-49(53)45-52)60-51(54)43-41-39-37-35-33-31-29-20-18-16-14-12-10-8-6-4-2/h5,7,11,13,17,19,22-23,25-26,28,30,34,36,49-50,52-53H,3-4,6,8-10,12,14-16,18,20-21,24,27,29,31-33,35,37-48H2,1-2H3,(H,55,56)/b7-5-,13-11-,19-17-,23-22-,26-25-,30-28-,36-34-. The highest BCUT2D eigenvalue weighted by atomic mass is 31.2. The van der Waals surface area contributed by atoms with E-state index in [0.29, 0.717) is 6.61 Å². The second kappa shape index (κ2) is 47.1. The van der Waals surface area contributed by atoms with E-state index in [-0.39, 0.29) is 13.0 Å². The number of esters is 1. The Morgan fingerprint density at radius 1 is 0.525 bits per heavy atom. The van der Waals surface area contributed by atoms with Crippen molar-refractivity contribution in [2.45, 2.75) is 199 Å². The highest BCUT2D eigenvalue weighted by Crippen LogP contribution is 2.43. The molecule has 9 nitrogen and oxygen atoms in total. The van der Waals surface area contributed by atoms with Gasteiger partial charge in [-0.1, -0.05) is 195 Å². The predicted molar refractivity (Wildman–Crippen MR) is 256 cm³/mol. The van der Waals surface area contributed by atoms with E-state index >= 15 is 0 Å². The number of phosphoric ester groups is 1. The van der Waals surface area contributed by atoms with Gasteiger partial charge in [0.15, 0.2) is 0 Å². The summed E-state index contributed by atoms with van der Waals surface area (Å²) in [4.78, 5) is 22.6. The summed E-state index contributed by atoms with van der Waals surface area (Å²) in [5, 5.41) is 18.4. The average Bonchev–Trinajstić information content (AvgIpc) is 3.25. The van der Waals surface area contributed by atoms with Crippen LogP contribution in [-0.2, 0) is 27.9 Å². The van der Waals surface area contributed by atoms with Gasteiger partial charge >= 0.3 is 13.8 Å². The van der Waals surface area contributed by atoms with Crippen molar-refractivity contribution >= 4 is 13.8 Å². The van der Waals surface area contributed by atoms with Gasteiger partial charge in [-0.15, -0.1) is 0 Å². The quantitative estimate of drug-likeness (QED) is 0.0237. The number of hydrogen-bond acceptors (Lipinski definition) is 8. The molecule has 0 bridgehead atoms. The van der Waals surface area contributed by atoms with Crippen molar-refractivity contribution in [1.82, 2.24) is 0 Å². The van der Waals surface area contributed by atoms with Crippen LogP contribution in [0.2, 0.25) is 0 Å². The van der Waals surface area contributed by atoms with Crippen molar-refractivity contribution in [1.29, 1.82) is 0 Å². The molecule has 0 saturated carbocycles. The van der Waals surface area contributed by atoms with Crippen LogP contribution >= 0.6 is 7.82 Å². The Bertz CT molecular complexity index is 1220. The number of unbranched alkanes of at least 4 members (excludes halogenated alkanes) is 17. The lowest BCUT2D eigenvalue weighted by Crippen LogP contribution is -2.29. The lowest BCUT2D eigenvalue weighted by Gasteiger charge is -2.20. The largest absolute Gasteiger partial charge is 0.472 e. The fourth-order valence-corrected chi connectivity index (χ4v) is 7.01. The number of aliphatic hydroxyl groups excluding tert-OH is 2. The Hall–Kier alpha value is -2.36. The number of phosphoric acid groups is 1. The molecule has 0 aliphatic heterocycles. The lowest BCUT2D eigenvalue weighted by molar-refractivity contribution is -0.154. The molecule has 0 heterocycles. The first-order valence-corrected chi connectivity index (χ1v) is 25.6. The second-order valence-electron chi connectivity index (χ2n) is 15.8. The number of carbonyl (C=O) groups excluding carboxylic acids is 1. The number of carbonyl (C=O) groups is 1. The molecule has 3 atom stereocenters. The fraction of sp³-hybridized carbons (Fsp3) is 0.706. The summed E-state index contributed by atoms with van der Waals surface area (Å²) in [7, 11) is -4.54. The van der Waals surface area contributed by atoms with Crippen molar-refractivity contribution < 1.29 is 43.0 Å². The first-order chi connectivity index (χ1) is 29.8. The summed E-state index contributed by atoms with van der Waals surface area (Å²) >= 11 is 0. The predicted octanol–water partition coefficient (Wildman–Crippen LogP) is 13.9. The molecule has 0 aromatic carbocycles. The van der Waals surface area contributed by atoms with Crippen LogP contribution in [0.5, 0.6) is 0 Å². The van der Waals surface area contributed by atoms with Gasteiger partial charge in [-0.05, 0) is 70.6 Å². The normalized spacial score (nSPS) is 14.6. The zero-order valence-corrected chi connectivity index (χ0v) is 39.5. The third kappa shape index (κ3) is 47.0. The van der Waals surface area contributed by atoms with Crippen LogP contribution in [0.15, 0.2) is 85.1 Å². The van der Waals surface area contributed by atoms with E-state index in [1.807, 2.05) is 0 Å². The molecule has 0 rings (SSSR count). The Kier molecular flexibility index (Phi) is 45.3. The molecule has 10 heteroatoms. The van der Waals surface area contributed by atoms with Crippen LogP contribution in [0.4, 0.5) is 0 Å². The molecule has 0 saturated heterocycles. The number of allylic oxidation sites excluding steroid dienone is 14. The first-order valence-electron chi connectivity index (χ1n) is 24.1. The summed E-state index contributed by atoms with van der Waals surface area (Å²) < 4.78 is 33.4. The summed E-state index contributed by atoms with van der Waals surface area (Å²) in [5.41, 5.74) is 0. The summed E-state index contributed by atoms with van der Waals surface area (Å²) in [6.45, 7) is 3.29. The maximum absolute atomic E-state index is 12.6. The third-order valence-corrected chi connectivity index (χ3v) is 10.8. The highest BCUT2D eigenvalue weighted by Gasteiger charge is 2.26. The maximum atomic E-state index is 12.6. The van der Waals surface area contributed by atoms with Crippen LogP contribution < -0.4 is 0 Å². The third-order valence-electron chi connectivity index (χ3n) is 9.85. The Balaban J connectivity index is 4.22. The van der Waals surface area contributed by atoms with Gasteiger partial charge < -0.3 is 24.6 Å². The summed E-state index contributed by atoms with van der Waals surface area (Å²) in [6.07, 6.45) is 58.4. The molecule has 3 N–H and O–H groups in total. The summed E-state index contributed by atoms with van der Waals surface area (Å²) in [5.74, 6) is -0.399. The van der Waals surface area contributed by atoms with Crippen LogP contribution in [0.3, 0.4) is 0 Å². The second-order valence-corrected chi connectivity index (χ2v) is 17.2. The van der Waals surface area contributed by atoms with E-state index in [9.17, 15) is 19.4 Å². The van der Waals surface area contributed by atoms with Gasteiger partial charge in [0.05, 0.1) is 26.4 Å². The zero-order chi connectivity index (χ0) is 44.6. The molecule has 0 fully saturated rings. The number of aliphatic hydroxyl groups is 2. The average molecular weight is 877 g/mol. The minimum atomic E-state index is -4.54. The summed E-state index contributed by atoms with van der Waals surface area (Å²) in [6, 6.07) is 0. The SMILES string of the molecule is CC/C=C\C/C=C\C/C=C\C/C=C\C/C=C\C/C=C\C/C=C\CCCCOCC(COP(=O)(O)OCC(O)CO)OC(=O)CCCCCCCCCCCCCCCCCC. The monoisotopic (exact) mass is 877 g/mol. The van der Waals surface area contributed by atoms with E-state index in [0.717, 1.165) is 83.5 Å². The first kappa shape index (κ1) is 58.6. The minimum absolute atomic E-state index is 0.0164. The number of hydrogen-bond donors (Lipinski definition) is 3. The molecule has 61 heavy (non-hydrogen) atoms. The Labute approximate surface area is 373 Å². The fourth-order valence-electron chi connectivity index (χ4n) is 6.22. The van der Waals surface area contributed by atoms with Gasteiger partial charge in [0.25, 0.3) is 0 Å². The highest BCUT2D eigenvalue weighted by molar-refractivity contribution is 7.47. The van der Waals surface area contributed by atoms with Crippen molar-refractivity contribution in [2.75, 3.05) is 33.0 Å². The van der Waals surface area contributed by atoms with Gasteiger partial charge in [-0.25, -0.2) is 4.57 Å². The zero-order valence-electron chi connectivity index (χ0n) is 38.6. The molecule has 0 aromatic heterocycles. The van der Waals surface area contributed by atoms with Crippen molar-refractivity contribution in [3.8, 4) is 0 Å². The Morgan fingerprint density at radius 3 is 1.38 bits per heavy atom. The molecule has 0 amide bonds. The number of rotatable bonds is 45. The smallest absolute Gasteiger partial charge is 0.457 e. The molecular weight excluding hydrogens is 788 g/mol. The maximum Gasteiger partial charge on any atom is 0.472 e. The van der Waals surface area contributed by atoms with Gasteiger partial charge in [0.2, 0.25) is 0 Å². The van der Waals surface area contributed by atoms with Crippen molar-refractivity contribution in [3.63, 3.8) is 0 Å². The van der Waals surface area contributed by atoms with Crippen LogP contribution in [0, 0.1) is 0 Å². The molecule has 3 unspecified atom stereocenters. The van der Waals surface area contributed by atoms with Gasteiger partial charge in [0.1, 0.15) is 12.2 Å². The van der Waals surface area contributed by atoms with E-state index in [1.165, 1.54) is 83.5 Å². The lowest BCUT2D eigenvalue weighted by atomic mass is 10.0. The topological polar surface area (TPSA) is 132 Å².